The van der Waals surface area contributed by atoms with Gasteiger partial charge in [0.2, 0.25) is 5.91 Å². The number of rotatable bonds is 7. The Morgan fingerprint density at radius 3 is 2.82 bits per heavy atom. The van der Waals surface area contributed by atoms with Gasteiger partial charge in [0.15, 0.2) is 0 Å². The standard InChI is InChI=1S/C18H28N2O2/c1-14-8-5-6-11-17(14)22-13-7-12-20-16-10-4-2-3-9-15(16)18(19)21/h5-6,8,11,15-16,20H,2-4,7,9-10,12-13H2,1H3,(H2,19,21)/t15-,16+/m0/s1. The van der Waals surface area contributed by atoms with Crippen LogP contribution in [0.4, 0.5) is 0 Å². The highest BCUT2D eigenvalue weighted by Gasteiger charge is 2.27. The van der Waals surface area contributed by atoms with Crippen LogP contribution in [0.15, 0.2) is 24.3 Å². The number of aryl methyl sites for hydroxylation is 1. The van der Waals surface area contributed by atoms with Gasteiger partial charge in [-0.25, -0.2) is 0 Å². The molecule has 0 bridgehead atoms. The molecular formula is C18H28N2O2. The van der Waals surface area contributed by atoms with E-state index in [2.05, 4.69) is 18.3 Å². The molecule has 1 fully saturated rings. The lowest BCUT2D eigenvalue weighted by atomic mass is 9.94. The molecule has 1 aliphatic rings. The van der Waals surface area contributed by atoms with Gasteiger partial charge in [0.1, 0.15) is 5.75 Å². The molecule has 1 saturated carbocycles. The monoisotopic (exact) mass is 304 g/mol. The molecule has 0 aromatic heterocycles. The van der Waals surface area contributed by atoms with Gasteiger partial charge >= 0.3 is 0 Å². The molecule has 122 valence electrons. The first-order valence-corrected chi connectivity index (χ1v) is 8.39. The molecule has 0 spiro atoms. The molecule has 4 heteroatoms. The maximum Gasteiger partial charge on any atom is 0.222 e. The van der Waals surface area contributed by atoms with Crippen LogP contribution in [0.25, 0.3) is 0 Å². The number of hydrogen-bond acceptors (Lipinski definition) is 3. The van der Waals surface area contributed by atoms with E-state index in [-0.39, 0.29) is 17.9 Å². The van der Waals surface area contributed by atoms with E-state index in [9.17, 15) is 4.79 Å². The molecule has 0 saturated heterocycles. The molecule has 22 heavy (non-hydrogen) atoms. The number of nitrogens with one attached hydrogen (secondary N) is 1. The maximum absolute atomic E-state index is 11.6. The highest BCUT2D eigenvalue weighted by Crippen LogP contribution is 2.23. The van der Waals surface area contributed by atoms with Gasteiger partial charge in [-0.3, -0.25) is 4.79 Å². The van der Waals surface area contributed by atoms with Gasteiger partial charge in [-0.05, 0) is 44.4 Å². The fraction of sp³-hybridized carbons (Fsp3) is 0.611. The smallest absolute Gasteiger partial charge is 0.222 e. The fourth-order valence-electron chi connectivity index (χ4n) is 3.15. The lowest BCUT2D eigenvalue weighted by molar-refractivity contribution is -0.122. The van der Waals surface area contributed by atoms with Crippen LogP contribution < -0.4 is 15.8 Å². The van der Waals surface area contributed by atoms with Crippen molar-refractivity contribution < 1.29 is 9.53 Å². The van der Waals surface area contributed by atoms with Gasteiger partial charge in [0, 0.05) is 6.04 Å². The second-order valence-corrected chi connectivity index (χ2v) is 6.18. The molecule has 2 rings (SSSR count). The number of carbonyl (C=O) groups is 1. The number of carbonyl (C=O) groups excluding carboxylic acids is 1. The molecule has 4 nitrogen and oxygen atoms in total. The van der Waals surface area contributed by atoms with Crippen LogP contribution in [0, 0.1) is 12.8 Å². The van der Waals surface area contributed by atoms with E-state index in [0.717, 1.165) is 43.5 Å². The van der Waals surface area contributed by atoms with Crippen molar-refractivity contribution in [3.8, 4) is 5.75 Å². The van der Waals surface area contributed by atoms with Crippen molar-refractivity contribution in [3.05, 3.63) is 29.8 Å². The summed E-state index contributed by atoms with van der Waals surface area (Å²) in [5, 5.41) is 3.51. The number of ether oxygens (including phenoxy) is 1. The molecule has 0 aliphatic heterocycles. The summed E-state index contributed by atoms with van der Waals surface area (Å²) < 4.78 is 5.79. The van der Waals surface area contributed by atoms with Gasteiger partial charge in [-0.2, -0.15) is 0 Å². The fourth-order valence-corrected chi connectivity index (χ4v) is 3.15. The quantitative estimate of drug-likeness (QED) is 0.601. The molecule has 0 unspecified atom stereocenters. The predicted molar refractivity (Wildman–Crippen MR) is 88.9 cm³/mol. The molecule has 3 N–H and O–H groups in total. The van der Waals surface area contributed by atoms with Crippen LogP contribution in [0.5, 0.6) is 5.75 Å². The van der Waals surface area contributed by atoms with E-state index < -0.39 is 0 Å². The third-order valence-corrected chi connectivity index (χ3v) is 4.46. The average molecular weight is 304 g/mol. The Labute approximate surface area is 133 Å². The summed E-state index contributed by atoms with van der Waals surface area (Å²) in [6.45, 7) is 3.60. The van der Waals surface area contributed by atoms with E-state index in [1.165, 1.54) is 12.8 Å². The van der Waals surface area contributed by atoms with Crippen molar-refractivity contribution in [2.24, 2.45) is 11.7 Å². The lowest BCUT2D eigenvalue weighted by Gasteiger charge is -2.23. The molecule has 1 aliphatic carbocycles. The summed E-state index contributed by atoms with van der Waals surface area (Å²) in [4.78, 5) is 11.6. The first kappa shape index (κ1) is 16.8. The number of hydrogen-bond donors (Lipinski definition) is 2. The first-order valence-electron chi connectivity index (χ1n) is 8.39. The number of para-hydroxylation sites is 1. The highest BCUT2D eigenvalue weighted by atomic mass is 16.5. The Bertz CT molecular complexity index is 476. The molecule has 0 radical (unpaired) electrons. The van der Waals surface area contributed by atoms with Gasteiger partial charge in [-0.1, -0.05) is 37.5 Å². The van der Waals surface area contributed by atoms with Crippen molar-refractivity contribution in [1.82, 2.24) is 5.32 Å². The summed E-state index contributed by atoms with van der Waals surface area (Å²) in [6.07, 6.45) is 6.40. The molecule has 2 atom stereocenters. The van der Waals surface area contributed by atoms with Gasteiger partial charge in [-0.15, -0.1) is 0 Å². The van der Waals surface area contributed by atoms with Gasteiger partial charge < -0.3 is 15.8 Å². The molecule has 1 aromatic rings. The number of amides is 1. The summed E-state index contributed by atoms with van der Waals surface area (Å²) in [7, 11) is 0. The Morgan fingerprint density at radius 1 is 1.27 bits per heavy atom. The van der Waals surface area contributed by atoms with Crippen LogP contribution in [0.3, 0.4) is 0 Å². The van der Waals surface area contributed by atoms with Crippen molar-refractivity contribution in [2.75, 3.05) is 13.2 Å². The zero-order valence-corrected chi connectivity index (χ0v) is 13.5. The van der Waals surface area contributed by atoms with Gasteiger partial charge in [0.05, 0.1) is 12.5 Å². The SMILES string of the molecule is Cc1ccccc1OCCCN[C@@H]1CCCCC[C@@H]1C(N)=O. The Morgan fingerprint density at radius 2 is 2.05 bits per heavy atom. The topological polar surface area (TPSA) is 64.3 Å². The van der Waals surface area contributed by atoms with E-state index in [4.69, 9.17) is 10.5 Å². The van der Waals surface area contributed by atoms with Crippen LogP contribution in [0.2, 0.25) is 0 Å². The predicted octanol–water partition coefficient (Wildman–Crippen LogP) is 2.79. The molecule has 1 amide bonds. The van der Waals surface area contributed by atoms with Crippen molar-refractivity contribution in [1.29, 1.82) is 0 Å². The Kier molecular flexibility index (Phi) is 6.72. The lowest BCUT2D eigenvalue weighted by Crippen LogP contribution is -2.42. The molecular weight excluding hydrogens is 276 g/mol. The van der Waals surface area contributed by atoms with E-state index >= 15 is 0 Å². The normalized spacial score (nSPS) is 22.0. The zero-order chi connectivity index (χ0) is 15.8. The van der Waals surface area contributed by atoms with Crippen molar-refractivity contribution in [3.63, 3.8) is 0 Å². The third-order valence-electron chi connectivity index (χ3n) is 4.46. The summed E-state index contributed by atoms with van der Waals surface area (Å²) in [6, 6.07) is 8.29. The number of primary amides is 1. The Balaban J connectivity index is 1.70. The second kappa shape index (κ2) is 8.79. The molecule has 1 aromatic carbocycles. The van der Waals surface area contributed by atoms with E-state index in [0.29, 0.717) is 6.61 Å². The minimum absolute atomic E-state index is 0.0141. The second-order valence-electron chi connectivity index (χ2n) is 6.18. The van der Waals surface area contributed by atoms with Crippen LogP contribution in [-0.2, 0) is 4.79 Å². The van der Waals surface area contributed by atoms with E-state index in [1.54, 1.807) is 0 Å². The van der Waals surface area contributed by atoms with E-state index in [1.807, 2.05) is 18.2 Å². The average Bonchev–Trinajstić information content (AvgIpc) is 2.74. The van der Waals surface area contributed by atoms with Crippen molar-refractivity contribution >= 4 is 5.91 Å². The van der Waals surface area contributed by atoms with Crippen LogP contribution in [0.1, 0.15) is 44.1 Å². The largest absolute Gasteiger partial charge is 0.493 e. The molecule has 0 heterocycles. The van der Waals surface area contributed by atoms with Crippen molar-refractivity contribution in [2.45, 2.75) is 51.5 Å². The summed E-state index contributed by atoms with van der Waals surface area (Å²) >= 11 is 0. The van der Waals surface area contributed by atoms with Crippen LogP contribution in [-0.4, -0.2) is 25.1 Å². The number of benzene rings is 1. The minimum Gasteiger partial charge on any atom is -0.493 e. The number of nitrogens with two attached hydrogens (primary N) is 1. The first-order chi connectivity index (χ1) is 10.7. The summed E-state index contributed by atoms with van der Waals surface area (Å²) in [5.41, 5.74) is 6.71. The van der Waals surface area contributed by atoms with Crippen LogP contribution >= 0.6 is 0 Å². The summed E-state index contributed by atoms with van der Waals surface area (Å²) in [5.74, 6) is 0.780. The third kappa shape index (κ3) is 5.02. The minimum atomic E-state index is -0.157. The Hall–Kier alpha value is -1.55. The zero-order valence-electron chi connectivity index (χ0n) is 13.5. The maximum atomic E-state index is 11.6. The van der Waals surface area contributed by atoms with Gasteiger partial charge in [0.25, 0.3) is 0 Å². The highest BCUT2D eigenvalue weighted by molar-refractivity contribution is 5.77.